The van der Waals surface area contributed by atoms with Crippen molar-refractivity contribution in [3.63, 3.8) is 0 Å². The number of nitrogens with one attached hydrogen (secondary N) is 3. The van der Waals surface area contributed by atoms with Gasteiger partial charge < -0.3 is 4.98 Å². The maximum absolute atomic E-state index is 14.3. The van der Waals surface area contributed by atoms with Crippen molar-refractivity contribution in [1.82, 2.24) is 20.8 Å². The molecule has 4 rings (SSSR count). The van der Waals surface area contributed by atoms with Crippen molar-refractivity contribution in [2.45, 2.75) is 12.1 Å². The summed E-state index contributed by atoms with van der Waals surface area (Å²) in [6.45, 7) is 0.303. The molecule has 0 saturated heterocycles. The summed E-state index contributed by atoms with van der Waals surface area (Å²) < 4.78 is 14.3. The number of nitrogens with two attached hydrogens (primary N) is 1. The summed E-state index contributed by atoms with van der Waals surface area (Å²) in [6, 6.07) is 17.1. The first-order valence-corrected chi connectivity index (χ1v) is 8.19. The van der Waals surface area contributed by atoms with E-state index < -0.39 is 17.4 Å². The molecule has 3 aromatic rings. The van der Waals surface area contributed by atoms with E-state index in [0.29, 0.717) is 12.1 Å². The maximum atomic E-state index is 14.3. The van der Waals surface area contributed by atoms with Crippen LogP contribution in [0, 0.1) is 0 Å². The summed E-state index contributed by atoms with van der Waals surface area (Å²) >= 11 is 0. The Morgan fingerprint density at radius 3 is 2.65 bits per heavy atom. The van der Waals surface area contributed by atoms with Crippen molar-refractivity contribution in [3.8, 4) is 0 Å². The number of halogens is 1. The predicted octanol–water partition coefficient (Wildman–Crippen LogP) is 2.18. The van der Waals surface area contributed by atoms with Crippen LogP contribution in [0.3, 0.4) is 0 Å². The molecule has 7 heteroatoms. The molecule has 0 fully saturated rings. The van der Waals surface area contributed by atoms with Crippen LogP contribution in [0.1, 0.15) is 11.1 Å². The van der Waals surface area contributed by atoms with Gasteiger partial charge in [-0.25, -0.2) is 5.84 Å². The Hall–Kier alpha value is -3.16. The number of para-hydroxylation sites is 1. The molecule has 1 atom stereocenters. The number of carbonyl (C=O) groups is 1. The number of hydrogen-bond acceptors (Lipinski definition) is 4. The number of hydrogen-bond donors (Lipinski definition) is 4. The van der Waals surface area contributed by atoms with Crippen LogP contribution in [-0.2, 0) is 16.9 Å². The molecule has 2 aromatic carbocycles. The van der Waals surface area contributed by atoms with Crippen LogP contribution in [0.5, 0.6) is 0 Å². The number of benzene rings is 2. The highest BCUT2D eigenvalue weighted by Gasteiger charge is 2.50. The zero-order chi connectivity index (χ0) is 18.1. The average molecular weight is 351 g/mol. The van der Waals surface area contributed by atoms with E-state index in [1.807, 2.05) is 54.6 Å². The van der Waals surface area contributed by atoms with Crippen LogP contribution in [-0.4, -0.2) is 15.9 Å². The normalized spacial score (nSPS) is 20.0. The molecule has 0 aliphatic carbocycles. The molecule has 1 aromatic heterocycles. The summed E-state index contributed by atoms with van der Waals surface area (Å²) in [6.07, 6.45) is 2.97. The predicted molar refractivity (Wildman–Crippen MR) is 96.6 cm³/mol. The third kappa shape index (κ3) is 2.45. The van der Waals surface area contributed by atoms with E-state index in [1.54, 1.807) is 11.2 Å². The van der Waals surface area contributed by atoms with Crippen molar-refractivity contribution in [1.29, 1.82) is 0 Å². The Labute approximate surface area is 149 Å². The lowest BCUT2D eigenvalue weighted by Crippen LogP contribution is -2.57. The van der Waals surface area contributed by atoms with Crippen LogP contribution >= 0.6 is 0 Å². The van der Waals surface area contributed by atoms with Gasteiger partial charge in [0, 0.05) is 35.3 Å². The third-order valence-electron chi connectivity index (χ3n) is 4.66. The second-order valence-electron chi connectivity index (χ2n) is 6.16. The van der Waals surface area contributed by atoms with Crippen molar-refractivity contribution in [2.24, 2.45) is 5.84 Å². The number of H-pyrrole nitrogens is 1. The zero-order valence-corrected chi connectivity index (χ0v) is 13.9. The smallest absolute Gasteiger partial charge is 0.265 e. The van der Waals surface area contributed by atoms with Gasteiger partial charge in [-0.15, -0.1) is 0 Å². The lowest BCUT2D eigenvalue weighted by molar-refractivity contribution is -0.132. The number of aromatic nitrogens is 1. The number of hydrazine groups is 2. The highest BCUT2D eigenvalue weighted by molar-refractivity contribution is 5.96. The van der Waals surface area contributed by atoms with Gasteiger partial charge in [-0.2, -0.15) is 9.40 Å². The molecule has 0 radical (unpaired) electrons. The molecule has 5 N–H and O–H groups in total. The largest absolute Gasteiger partial charge is 0.361 e. The lowest BCUT2D eigenvalue weighted by atomic mass is 9.88. The number of carbonyl (C=O) groups excluding carboxylic acids is 1. The number of amides is 1. The van der Waals surface area contributed by atoms with Gasteiger partial charge in [0.2, 0.25) is 0 Å². The number of aromatic amines is 1. The van der Waals surface area contributed by atoms with Crippen molar-refractivity contribution in [2.75, 3.05) is 0 Å². The summed E-state index contributed by atoms with van der Waals surface area (Å²) in [5, 5.41) is 2.37. The Morgan fingerprint density at radius 2 is 1.88 bits per heavy atom. The minimum Gasteiger partial charge on any atom is -0.361 e. The molecule has 1 amide bonds. The zero-order valence-electron chi connectivity index (χ0n) is 13.9. The molecule has 1 aliphatic rings. The monoisotopic (exact) mass is 351 g/mol. The van der Waals surface area contributed by atoms with Gasteiger partial charge in [-0.1, -0.05) is 48.5 Å². The minimum absolute atomic E-state index is 0.303. The van der Waals surface area contributed by atoms with Crippen LogP contribution in [0.2, 0.25) is 0 Å². The van der Waals surface area contributed by atoms with E-state index in [0.717, 1.165) is 16.5 Å². The molecule has 26 heavy (non-hydrogen) atoms. The molecule has 0 bridgehead atoms. The second-order valence-corrected chi connectivity index (χ2v) is 6.16. The molecule has 1 aliphatic heterocycles. The summed E-state index contributed by atoms with van der Waals surface area (Å²) in [5.74, 6) is 4.34. The van der Waals surface area contributed by atoms with Crippen LogP contribution < -0.4 is 16.7 Å². The van der Waals surface area contributed by atoms with E-state index >= 15 is 0 Å². The first kappa shape index (κ1) is 16.3. The van der Waals surface area contributed by atoms with Crippen LogP contribution in [0.4, 0.5) is 4.39 Å². The lowest BCUT2D eigenvalue weighted by Gasteiger charge is -2.35. The highest BCUT2D eigenvalue weighted by atomic mass is 19.1. The van der Waals surface area contributed by atoms with Gasteiger partial charge in [-0.05, 0) is 11.6 Å². The Kier molecular flexibility index (Phi) is 3.95. The maximum Gasteiger partial charge on any atom is 0.265 e. The second kappa shape index (κ2) is 6.29. The van der Waals surface area contributed by atoms with Gasteiger partial charge in [0.1, 0.15) is 0 Å². The molecule has 1 unspecified atom stereocenters. The van der Waals surface area contributed by atoms with E-state index in [9.17, 15) is 9.18 Å². The number of rotatable bonds is 4. The molecule has 132 valence electrons. The molecule has 0 spiro atoms. The fourth-order valence-electron chi connectivity index (χ4n) is 3.47. The highest BCUT2D eigenvalue weighted by Crippen LogP contribution is 2.39. The van der Waals surface area contributed by atoms with E-state index in [4.69, 9.17) is 5.84 Å². The topological polar surface area (TPSA) is 86.2 Å². The fourth-order valence-corrected chi connectivity index (χ4v) is 3.47. The first-order valence-electron chi connectivity index (χ1n) is 8.19. The van der Waals surface area contributed by atoms with E-state index in [-0.39, 0.29) is 0 Å². The van der Waals surface area contributed by atoms with Crippen molar-refractivity contribution in [3.05, 3.63) is 83.9 Å². The minimum atomic E-state index is -1.42. The number of nitrogens with zero attached hydrogens (tertiary/aromatic N) is 1. The molecule has 6 nitrogen and oxygen atoms in total. The third-order valence-corrected chi connectivity index (χ3v) is 4.66. The van der Waals surface area contributed by atoms with E-state index in [1.165, 1.54) is 6.08 Å². The van der Waals surface area contributed by atoms with Gasteiger partial charge in [0.05, 0.1) is 0 Å². The van der Waals surface area contributed by atoms with Gasteiger partial charge in [-0.3, -0.25) is 15.6 Å². The van der Waals surface area contributed by atoms with Gasteiger partial charge in [0.15, 0.2) is 11.5 Å². The Balaban J connectivity index is 1.88. The van der Waals surface area contributed by atoms with Crippen LogP contribution in [0.15, 0.2) is 72.8 Å². The summed E-state index contributed by atoms with van der Waals surface area (Å²) in [5.41, 5.74) is 5.83. The molecule has 0 saturated carbocycles. The summed E-state index contributed by atoms with van der Waals surface area (Å²) in [4.78, 5) is 16.0. The molecule has 2 heterocycles. The average Bonchev–Trinajstić information content (AvgIpc) is 3.23. The van der Waals surface area contributed by atoms with E-state index in [2.05, 4.69) is 15.8 Å². The Bertz CT molecular complexity index is 984. The molecular weight excluding hydrogens is 333 g/mol. The fraction of sp³-hybridized carbons (Fsp3) is 0.105. The number of fused-ring (bicyclic) bond motifs is 1. The van der Waals surface area contributed by atoms with Gasteiger partial charge >= 0.3 is 0 Å². The molecular formula is C19H18FN5O. The van der Waals surface area contributed by atoms with Gasteiger partial charge in [0.25, 0.3) is 5.91 Å². The standard InChI is InChI=1S/C19H18FN5O/c20-17-10-19(18(26)23-21,15-11-22-16-9-5-4-8-14(15)16)25(24-17)12-13-6-2-1-3-7-13/h1-11,22,24H,12,21H2,(H,23,26). The quantitative estimate of drug-likeness (QED) is 0.251. The van der Waals surface area contributed by atoms with Crippen LogP contribution in [0.25, 0.3) is 10.9 Å². The Morgan fingerprint density at radius 1 is 1.15 bits per heavy atom. The van der Waals surface area contributed by atoms with Crippen molar-refractivity contribution >= 4 is 16.8 Å². The van der Waals surface area contributed by atoms with Crippen molar-refractivity contribution < 1.29 is 9.18 Å². The SMILES string of the molecule is NNC(=O)C1(c2c[nH]c3ccccc23)C=C(F)NN1Cc1ccccc1. The first-order chi connectivity index (χ1) is 12.6. The summed E-state index contributed by atoms with van der Waals surface area (Å²) in [7, 11) is 0.